The topological polar surface area (TPSA) is 97.5 Å². The van der Waals surface area contributed by atoms with Crippen LogP contribution in [0, 0.1) is 0 Å². The van der Waals surface area contributed by atoms with Crippen molar-refractivity contribution < 1.29 is 19.4 Å². The van der Waals surface area contributed by atoms with E-state index >= 15 is 0 Å². The summed E-state index contributed by atoms with van der Waals surface area (Å²) in [6.45, 7) is 0.369. The van der Waals surface area contributed by atoms with Crippen LogP contribution in [0.3, 0.4) is 0 Å². The van der Waals surface area contributed by atoms with E-state index in [1.807, 2.05) is 0 Å². The number of para-hydroxylation sites is 1. The molecule has 0 spiro atoms. The van der Waals surface area contributed by atoms with Crippen molar-refractivity contribution in [2.75, 3.05) is 13.2 Å². The molecule has 1 N–H and O–H groups in total. The summed E-state index contributed by atoms with van der Waals surface area (Å²) < 4.78 is 6.95. The van der Waals surface area contributed by atoms with Gasteiger partial charge in [-0.15, -0.1) is 5.10 Å². The summed E-state index contributed by atoms with van der Waals surface area (Å²) in [5, 5.41) is 17.1. The Labute approximate surface area is 125 Å². The van der Waals surface area contributed by atoms with E-state index in [1.165, 1.54) is 15.8 Å². The zero-order valence-corrected chi connectivity index (χ0v) is 11.8. The van der Waals surface area contributed by atoms with Crippen LogP contribution in [0.5, 0.6) is 5.75 Å². The molecule has 8 heteroatoms. The van der Waals surface area contributed by atoms with Crippen LogP contribution >= 0.6 is 0 Å². The molecule has 1 atom stereocenters. The van der Waals surface area contributed by atoms with Crippen LogP contribution < -0.4 is 4.74 Å². The molecular formula is C14H14N4O4. The SMILES string of the molecule is Cn1cc(C(=O)N2CCOc3ccccc3C2C(=O)O)nn1. The number of rotatable bonds is 2. The molecule has 1 aromatic heterocycles. The van der Waals surface area contributed by atoms with Crippen LogP contribution in [-0.4, -0.2) is 50.0 Å². The quantitative estimate of drug-likeness (QED) is 0.866. The standard InChI is InChI=1S/C14H14N4O4/c1-17-8-10(15-16-17)13(19)18-6-7-22-11-5-3-2-4-9(11)12(18)14(20)21/h2-5,8,12H,6-7H2,1H3,(H,20,21). The van der Waals surface area contributed by atoms with Crippen molar-refractivity contribution in [1.82, 2.24) is 19.9 Å². The number of fused-ring (bicyclic) bond motifs is 1. The maximum atomic E-state index is 12.6. The largest absolute Gasteiger partial charge is 0.491 e. The van der Waals surface area contributed by atoms with Crippen LogP contribution in [0.4, 0.5) is 0 Å². The Morgan fingerprint density at radius 1 is 1.36 bits per heavy atom. The minimum absolute atomic E-state index is 0.105. The highest BCUT2D eigenvalue weighted by Gasteiger charge is 2.36. The van der Waals surface area contributed by atoms with E-state index in [4.69, 9.17) is 4.74 Å². The van der Waals surface area contributed by atoms with Crippen LogP contribution in [0.2, 0.25) is 0 Å². The molecule has 22 heavy (non-hydrogen) atoms. The third-order valence-corrected chi connectivity index (χ3v) is 3.43. The van der Waals surface area contributed by atoms with Gasteiger partial charge in [-0.2, -0.15) is 0 Å². The van der Waals surface area contributed by atoms with Crippen LogP contribution in [-0.2, 0) is 11.8 Å². The molecule has 0 saturated carbocycles. The Hall–Kier alpha value is -2.90. The van der Waals surface area contributed by atoms with E-state index in [0.29, 0.717) is 11.3 Å². The highest BCUT2D eigenvalue weighted by Crippen LogP contribution is 2.32. The molecule has 2 heterocycles. The van der Waals surface area contributed by atoms with E-state index in [-0.39, 0.29) is 18.8 Å². The Bertz CT molecular complexity index is 727. The highest BCUT2D eigenvalue weighted by molar-refractivity contribution is 5.95. The summed E-state index contributed by atoms with van der Waals surface area (Å²) in [5.74, 6) is -1.12. The molecule has 0 fully saturated rings. The van der Waals surface area contributed by atoms with E-state index in [2.05, 4.69) is 10.3 Å². The van der Waals surface area contributed by atoms with E-state index in [1.54, 1.807) is 31.3 Å². The normalized spacial score (nSPS) is 17.3. The number of aryl methyl sites for hydroxylation is 1. The van der Waals surface area contributed by atoms with Crippen LogP contribution in [0.15, 0.2) is 30.5 Å². The predicted octanol–water partition coefficient (Wildman–Crippen LogP) is 0.476. The van der Waals surface area contributed by atoms with Gasteiger partial charge >= 0.3 is 5.97 Å². The maximum absolute atomic E-state index is 12.6. The molecule has 0 saturated heterocycles. The lowest BCUT2D eigenvalue weighted by Gasteiger charge is -2.25. The van der Waals surface area contributed by atoms with Crippen molar-refractivity contribution in [2.45, 2.75) is 6.04 Å². The van der Waals surface area contributed by atoms with Gasteiger partial charge in [0.25, 0.3) is 5.91 Å². The van der Waals surface area contributed by atoms with Crippen molar-refractivity contribution in [3.63, 3.8) is 0 Å². The Kier molecular flexibility index (Phi) is 3.50. The molecule has 8 nitrogen and oxygen atoms in total. The van der Waals surface area contributed by atoms with Crippen molar-refractivity contribution in [1.29, 1.82) is 0 Å². The van der Waals surface area contributed by atoms with Gasteiger partial charge in [0.15, 0.2) is 11.7 Å². The van der Waals surface area contributed by atoms with E-state index in [9.17, 15) is 14.7 Å². The third-order valence-electron chi connectivity index (χ3n) is 3.43. The highest BCUT2D eigenvalue weighted by atomic mass is 16.5. The van der Waals surface area contributed by atoms with Gasteiger partial charge in [-0.25, -0.2) is 4.79 Å². The number of aromatic nitrogens is 3. The average Bonchev–Trinajstić information content (AvgIpc) is 2.83. The first kappa shape index (κ1) is 14.1. The van der Waals surface area contributed by atoms with Crippen molar-refractivity contribution >= 4 is 11.9 Å². The maximum Gasteiger partial charge on any atom is 0.331 e. The molecule has 1 aromatic carbocycles. The van der Waals surface area contributed by atoms with Crippen LogP contribution in [0.1, 0.15) is 22.1 Å². The molecule has 3 rings (SSSR count). The number of carbonyl (C=O) groups excluding carboxylic acids is 1. The minimum Gasteiger partial charge on any atom is -0.491 e. The van der Waals surface area contributed by atoms with E-state index in [0.717, 1.165) is 0 Å². The first-order valence-electron chi connectivity index (χ1n) is 6.70. The van der Waals surface area contributed by atoms with Gasteiger partial charge < -0.3 is 14.7 Å². The number of hydrogen-bond donors (Lipinski definition) is 1. The van der Waals surface area contributed by atoms with Crippen LogP contribution in [0.25, 0.3) is 0 Å². The molecule has 0 bridgehead atoms. The summed E-state index contributed by atoms with van der Waals surface area (Å²) in [6.07, 6.45) is 1.46. The zero-order chi connectivity index (χ0) is 15.7. The lowest BCUT2D eigenvalue weighted by Crippen LogP contribution is -2.40. The second-order valence-corrected chi connectivity index (χ2v) is 4.90. The molecule has 1 aliphatic rings. The average molecular weight is 302 g/mol. The molecule has 1 amide bonds. The van der Waals surface area contributed by atoms with Crippen molar-refractivity contribution in [3.05, 3.63) is 41.7 Å². The zero-order valence-electron chi connectivity index (χ0n) is 11.8. The van der Waals surface area contributed by atoms with Crippen molar-refractivity contribution in [3.8, 4) is 5.75 Å². The molecule has 1 unspecified atom stereocenters. The van der Waals surface area contributed by atoms with Gasteiger partial charge in [-0.05, 0) is 6.07 Å². The van der Waals surface area contributed by atoms with Crippen molar-refractivity contribution in [2.24, 2.45) is 7.05 Å². The molecular weight excluding hydrogens is 288 g/mol. The number of hydrogen-bond acceptors (Lipinski definition) is 5. The first-order valence-corrected chi connectivity index (χ1v) is 6.70. The number of carboxylic acid groups (broad SMARTS) is 1. The predicted molar refractivity (Wildman–Crippen MR) is 74.4 cm³/mol. The smallest absolute Gasteiger partial charge is 0.331 e. The summed E-state index contributed by atoms with van der Waals surface area (Å²) in [7, 11) is 1.64. The molecule has 0 aliphatic carbocycles. The second-order valence-electron chi connectivity index (χ2n) is 4.90. The number of carboxylic acids is 1. The summed E-state index contributed by atoms with van der Waals surface area (Å²) in [6, 6.07) is 5.71. The number of carbonyl (C=O) groups is 2. The first-order chi connectivity index (χ1) is 10.6. The third kappa shape index (κ3) is 2.39. The summed E-state index contributed by atoms with van der Waals surface area (Å²) in [4.78, 5) is 25.6. The number of amides is 1. The minimum atomic E-state index is -1.12. The Morgan fingerprint density at radius 2 is 2.14 bits per heavy atom. The molecule has 0 radical (unpaired) electrons. The van der Waals surface area contributed by atoms with Gasteiger partial charge in [0, 0.05) is 12.6 Å². The summed E-state index contributed by atoms with van der Waals surface area (Å²) >= 11 is 0. The fraction of sp³-hybridized carbons (Fsp3) is 0.286. The monoisotopic (exact) mass is 302 g/mol. The number of nitrogens with zero attached hydrogens (tertiary/aromatic N) is 4. The molecule has 2 aromatic rings. The molecule has 1 aliphatic heterocycles. The van der Waals surface area contributed by atoms with Gasteiger partial charge in [0.05, 0.1) is 12.7 Å². The Balaban J connectivity index is 2.03. The number of ether oxygens (including phenoxy) is 1. The Morgan fingerprint density at radius 3 is 2.82 bits per heavy atom. The number of aliphatic carboxylic acids is 1. The number of benzene rings is 1. The lowest BCUT2D eigenvalue weighted by molar-refractivity contribution is -0.142. The van der Waals surface area contributed by atoms with Gasteiger partial charge in [-0.3, -0.25) is 9.48 Å². The lowest BCUT2D eigenvalue weighted by atomic mass is 10.0. The fourth-order valence-electron chi connectivity index (χ4n) is 2.47. The van der Waals surface area contributed by atoms with E-state index < -0.39 is 17.9 Å². The van der Waals surface area contributed by atoms with Gasteiger partial charge in [0.1, 0.15) is 12.4 Å². The van der Waals surface area contributed by atoms with Gasteiger partial charge in [0.2, 0.25) is 0 Å². The fourth-order valence-corrected chi connectivity index (χ4v) is 2.47. The second kappa shape index (κ2) is 5.47. The molecule has 114 valence electrons. The summed E-state index contributed by atoms with van der Waals surface area (Å²) in [5.41, 5.74) is 0.554. The van der Waals surface area contributed by atoms with Gasteiger partial charge in [-0.1, -0.05) is 23.4 Å².